The summed E-state index contributed by atoms with van der Waals surface area (Å²) in [5.74, 6) is 0.535. The lowest BCUT2D eigenvalue weighted by molar-refractivity contribution is -0.138. The van der Waals surface area contributed by atoms with Crippen LogP contribution in [0.1, 0.15) is 56.1 Å². The van der Waals surface area contributed by atoms with E-state index >= 15 is 0 Å². The second-order valence-corrected chi connectivity index (χ2v) is 9.95. The largest absolute Gasteiger partial charge is 0.376 e. The molecule has 0 radical (unpaired) electrons. The van der Waals surface area contributed by atoms with E-state index in [0.717, 1.165) is 58.5 Å². The summed E-state index contributed by atoms with van der Waals surface area (Å²) in [4.78, 5) is 20.2. The van der Waals surface area contributed by atoms with Gasteiger partial charge in [-0.2, -0.15) is 0 Å². The highest BCUT2D eigenvalue weighted by Gasteiger charge is 2.32. The number of piperidine rings is 2. The average molecular weight is 428 g/mol. The summed E-state index contributed by atoms with van der Waals surface area (Å²) < 4.78 is 5.83. The molecule has 5 heteroatoms. The monoisotopic (exact) mass is 427 g/mol. The maximum atomic E-state index is 12.9. The Kier molecular flexibility index (Phi) is 8.02. The standard InChI is InChI=1S/C26H41N3O2/c1-21-7-3-4-8-23(21)19-28-14-12-24(13-15-28)29-16-10-22(11-17-29)26(30)27(2)20-25-9-5-6-18-31-25/h3-4,7-8,22,24-25H,5-6,9-20H2,1-2H3. The van der Waals surface area contributed by atoms with Crippen LogP contribution in [0.2, 0.25) is 0 Å². The van der Waals surface area contributed by atoms with Gasteiger partial charge in [0.1, 0.15) is 0 Å². The van der Waals surface area contributed by atoms with Crippen molar-refractivity contribution < 1.29 is 9.53 Å². The van der Waals surface area contributed by atoms with Crippen LogP contribution in [0.5, 0.6) is 0 Å². The SMILES string of the molecule is Cc1ccccc1CN1CCC(N2CCC(C(=O)N(C)CC3CCCCO3)CC2)CC1. The Bertz CT molecular complexity index is 702. The number of hydrogen-bond donors (Lipinski definition) is 0. The normalized spacial score (nSPS) is 24.9. The predicted molar refractivity (Wildman–Crippen MR) is 125 cm³/mol. The van der Waals surface area contributed by atoms with E-state index in [9.17, 15) is 4.79 Å². The number of aryl methyl sites for hydroxylation is 1. The molecule has 0 aromatic heterocycles. The number of rotatable bonds is 6. The molecule has 3 heterocycles. The lowest BCUT2D eigenvalue weighted by atomic mass is 9.92. The zero-order valence-corrected chi connectivity index (χ0v) is 19.6. The molecule has 4 rings (SSSR count). The average Bonchev–Trinajstić information content (AvgIpc) is 2.81. The summed E-state index contributed by atoms with van der Waals surface area (Å²) >= 11 is 0. The summed E-state index contributed by atoms with van der Waals surface area (Å²) in [7, 11) is 1.97. The Morgan fingerprint density at radius 1 is 1.03 bits per heavy atom. The fourth-order valence-corrected chi connectivity index (χ4v) is 5.64. The molecule has 0 aliphatic carbocycles. The van der Waals surface area contributed by atoms with Gasteiger partial charge in [-0.1, -0.05) is 24.3 Å². The predicted octanol–water partition coefficient (Wildman–Crippen LogP) is 3.70. The summed E-state index contributed by atoms with van der Waals surface area (Å²) in [5.41, 5.74) is 2.86. The molecule has 1 amide bonds. The lowest BCUT2D eigenvalue weighted by Gasteiger charge is -2.42. The minimum Gasteiger partial charge on any atom is -0.376 e. The third-order valence-corrected chi connectivity index (χ3v) is 7.74. The first-order valence-corrected chi connectivity index (χ1v) is 12.5. The van der Waals surface area contributed by atoms with E-state index in [1.54, 1.807) is 0 Å². The molecular weight excluding hydrogens is 386 g/mol. The van der Waals surface area contributed by atoms with Gasteiger partial charge in [-0.3, -0.25) is 9.69 Å². The smallest absolute Gasteiger partial charge is 0.225 e. The summed E-state index contributed by atoms with van der Waals surface area (Å²) in [6, 6.07) is 9.45. The van der Waals surface area contributed by atoms with Gasteiger partial charge in [0.15, 0.2) is 0 Å². The highest BCUT2D eigenvalue weighted by molar-refractivity contribution is 5.78. The third-order valence-electron chi connectivity index (χ3n) is 7.74. The van der Waals surface area contributed by atoms with Crippen LogP contribution in [0, 0.1) is 12.8 Å². The molecule has 31 heavy (non-hydrogen) atoms. The van der Waals surface area contributed by atoms with E-state index in [1.165, 1.54) is 43.5 Å². The first-order valence-electron chi connectivity index (χ1n) is 12.5. The van der Waals surface area contributed by atoms with Crippen molar-refractivity contribution in [1.82, 2.24) is 14.7 Å². The van der Waals surface area contributed by atoms with Crippen LogP contribution < -0.4 is 0 Å². The molecule has 5 nitrogen and oxygen atoms in total. The van der Waals surface area contributed by atoms with Crippen molar-refractivity contribution in [2.24, 2.45) is 5.92 Å². The van der Waals surface area contributed by atoms with Crippen molar-refractivity contribution in [2.75, 3.05) is 46.4 Å². The number of ether oxygens (including phenoxy) is 1. The van der Waals surface area contributed by atoms with E-state index < -0.39 is 0 Å². The van der Waals surface area contributed by atoms with E-state index in [1.807, 2.05) is 11.9 Å². The van der Waals surface area contributed by atoms with E-state index in [0.29, 0.717) is 11.9 Å². The van der Waals surface area contributed by atoms with Crippen LogP contribution in [0.25, 0.3) is 0 Å². The molecule has 0 spiro atoms. The third kappa shape index (κ3) is 6.09. The number of likely N-dealkylation sites (N-methyl/N-ethyl adjacent to an activating group) is 1. The maximum absolute atomic E-state index is 12.9. The van der Waals surface area contributed by atoms with Gasteiger partial charge in [0, 0.05) is 38.7 Å². The molecule has 3 fully saturated rings. The summed E-state index contributed by atoms with van der Waals surface area (Å²) in [6.45, 7) is 9.43. The molecule has 1 atom stereocenters. The Balaban J connectivity index is 1.18. The van der Waals surface area contributed by atoms with Crippen molar-refractivity contribution in [2.45, 2.75) is 70.6 Å². The van der Waals surface area contributed by atoms with E-state index in [4.69, 9.17) is 4.74 Å². The minimum absolute atomic E-state index is 0.200. The number of carbonyl (C=O) groups is 1. The molecular formula is C26H41N3O2. The van der Waals surface area contributed by atoms with E-state index in [2.05, 4.69) is 41.0 Å². The van der Waals surface area contributed by atoms with Gasteiger partial charge >= 0.3 is 0 Å². The van der Waals surface area contributed by atoms with Crippen molar-refractivity contribution >= 4 is 5.91 Å². The number of carbonyl (C=O) groups excluding carboxylic acids is 1. The highest BCUT2D eigenvalue weighted by atomic mass is 16.5. The molecule has 172 valence electrons. The van der Waals surface area contributed by atoms with Gasteiger partial charge in [0.2, 0.25) is 5.91 Å². The first kappa shape index (κ1) is 22.8. The number of amides is 1. The molecule has 3 aliphatic heterocycles. The van der Waals surface area contributed by atoms with Gasteiger partial charge in [0.25, 0.3) is 0 Å². The van der Waals surface area contributed by atoms with Crippen LogP contribution in [0.15, 0.2) is 24.3 Å². The fourth-order valence-electron chi connectivity index (χ4n) is 5.64. The van der Waals surface area contributed by atoms with Gasteiger partial charge < -0.3 is 14.5 Å². The van der Waals surface area contributed by atoms with Crippen LogP contribution >= 0.6 is 0 Å². The summed E-state index contributed by atoms with van der Waals surface area (Å²) in [5, 5.41) is 0. The Morgan fingerprint density at radius 2 is 1.77 bits per heavy atom. The second kappa shape index (κ2) is 10.9. The van der Waals surface area contributed by atoms with Crippen LogP contribution in [-0.2, 0) is 16.1 Å². The molecule has 0 saturated carbocycles. The number of hydrogen-bond acceptors (Lipinski definition) is 4. The van der Waals surface area contributed by atoms with Crippen molar-refractivity contribution in [3.63, 3.8) is 0 Å². The molecule has 1 aromatic carbocycles. The highest BCUT2D eigenvalue weighted by Crippen LogP contribution is 2.26. The van der Waals surface area contributed by atoms with Gasteiger partial charge in [-0.15, -0.1) is 0 Å². The fraction of sp³-hybridized carbons (Fsp3) is 0.731. The topological polar surface area (TPSA) is 36.0 Å². The number of benzene rings is 1. The minimum atomic E-state index is 0.200. The molecule has 3 saturated heterocycles. The molecule has 1 unspecified atom stereocenters. The van der Waals surface area contributed by atoms with Crippen LogP contribution in [-0.4, -0.2) is 79.1 Å². The van der Waals surface area contributed by atoms with Crippen molar-refractivity contribution in [3.8, 4) is 0 Å². The lowest BCUT2D eigenvalue weighted by Crippen LogP contribution is -2.49. The second-order valence-electron chi connectivity index (χ2n) is 9.95. The summed E-state index contributed by atoms with van der Waals surface area (Å²) in [6.07, 6.45) is 8.26. The Hall–Kier alpha value is -1.43. The van der Waals surface area contributed by atoms with Crippen molar-refractivity contribution in [3.05, 3.63) is 35.4 Å². The van der Waals surface area contributed by atoms with Crippen LogP contribution in [0.3, 0.4) is 0 Å². The number of likely N-dealkylation sites (tertiary alicyclic amines) is 2. The Morgan fingerprint density at radius 3 is 2.45 bits per heavy atom. The van der Waals surface area contributed by atoms with Gasteiger partial charge in [-0.25, -0.2) is 0 Å². The van der Waals surface area contributed by atoms with Crippen molar-refractivity contribution in [1.29, 1.82) is 0 Å². The zero-order valence-electron chi connectivity index (χ0n) is 19.6. The Labute approximate surface area is 188 Å². The molecule has 1 aromatic rings. The van der Waals surface area contributed by atoms with Gasteiger partial charge in [0.05, 0.1) is 6.10 Å². The quantitative estimate of drug-likeness (QED) is 0.694. The van der Waals surface area contributed by atoms with Crippen LogP contribution in [0.4, 0.5) is 0 Å². The first-order chi connectivity index (χ1) is 15.1. The molecule has 0 N–H and O–H groups in total. The molecule has 3 aliphatic rings. The maximum Gasteiger partial charge on any atom is 0.225 e. The zero-order chi connectivity index (χ0) is 21.6. The molecule has 0 bridgehead atoms. The van der Waals surface area contributed by atoms with Gasteiger partial charge in [-0.05, 0) is 89.2 Å². The van der Waals surface area contributed by atoms with E-state index in [-0.39, 0.29) is 12.0 Å². The number of nitrogens with zero attached hydrogens (tertiary/aromatic N) is 3.